The minimum absolute atomic E-state index is 0.526. The molecular formula is C11H11Cl2N. The van der Waals surface area contributed by atoms with Crippen LogP contribution >= 0.6 is 23.2 Å². The summed E-state index contributed by atoms with van der Waals surface area (Å²) in [5.41, 5.74) is 0.315. The quantitative estimate of drug-likeness (QED) is 0.744. The molecule has 0 aliphatic carbocycles. The summed E-state index contributed by atoms with van der Waals surface area (Å²) in [6, 6.07) is 7.52. The van der Waals surface area contributed by atoms with E-state index in [0.717, 1.165) is 12.0 Å². The first-order valence-electron chi connectivity index (χ1n) is 4.40. The molecule has 74 valence electrons. The fourth-order valence-electron chi connectivity index (χ4n) is 1.27. The van der Waals surface area contributed by atoms with Crippen molar-refractivity contribution < 1.29 is 0 Å². The van der Waals surface area contributed by atoms with Crippen LogP contribution in [0.1, 0.15) is 25.8 Å². The highest BCUT2D eigenvalue weighted by molar-refractivity contribution is 6.35. The molecule has 0 N–H and O–H groups in total. The van der Waals surface area contributed by atoms with Crippen LogP contribution in [0.25, 0.3) is 0 Å². The lowest BCUT2D eigenvalue weighted by molar-refractivity contribution is 0.587. The van der Waals surface area contributed by atoms with Crippen molar-refractivity contribution in [3.05, 3.63) is 33.8 Å². The number of nitriles is 1. The van der Waals surface area contributed by atoms with E-state index in [0.29, 0.717) is 10.0 Å². The Morgan fingerprint density at radius 1 is 1.43 bits per heavy atom. The van der Waals surface area contributed by atoms with E-state index in [-0.39, 0.29) is 0 Å². The maximum absolute atomic E-state index is 9.09. The van der Waals surface area contributed by atoms with Gasteiger partial charge in [0, 0.05) is 10.0 Å². The Hall–Kier alpha value is -0.710. The van der Waals surface area contributed by atoms with Crippen molar-refractivity contribution >= 4 is 23.2 Å². The lowest BCUT2D eigenvalue weighted by Crippen LogP contribution is -2.18. The lowest BCUT2D eigenvalue weighted by atomic mass is 9.82. The van der Waals surface area contributed by atoms with Crippen LogP contribution in [0.2, 0.25) is 10.0 Å². The minimum Gasteiger partial charge on any atom is -0.197 e. The Morgan fingerprint density at radius 3 is 2.50 bits per heavy atom. The third-order valence-corrected chi connectivity index (χ3v) is 3.03. The van der Waals surface area contributed by atoms with E-state index >= 15 is 0 Å². The van der Waals surface area contributed by atoms with Gasteiger partial charge in [0.25, 0.3) is 0 Å². The highest BCUT2D eigenvalue weighted by Gasteiger charge is 2.26. The van der Waals surface area contributed by atoms with Gasteiger partial charge in [-0.05, 0) is 31.0 Å². The maximum atomic E-state index is 9.09. The van der Waals surface area contributed by atoms with Gasteiger partial charge in [0.2, 0.25) is 0 Å². The van der Waals surface area contributed by atoms with Crippen molar-refractivity contribution in [2.75, 3.05) is 0 Å². The molecule has 1 aromatic carbocycles. The topological polar surface area (TPSA) is 23.8 Å². The molecule has 14 heavy (non-hydrogen) atoms. The van der Waals surface area contributed by atoms with Crippen LogP contribution in [0.15, 0.2) is 18.2 Å². The molecule has 0 saturated heterocycles. The monoisotopic (exact) mass is 227 g/mol. The van der Waals surface area contributed by atoms with Gasteiger partial charge in [-0.25, -0.2) is 0 Å². The zero-order valence-corrected chi connectivity index (χ0v) is 9.65. The van der Waals surface area contributed by atoms with Gasteiger partial charge in [0.05, 0.1) is 11.5 Å². The molecule has 1 unspecified atom stereocenters. The predicted molar refractivity (Wildman–Crippen MR) is 59.7 cm³/mol. The van der Waals surface area contributed by atoms with Gasteiger partial charge in [0.15, 0.2) is 0 Å². The molecule has 1 aromatic rings. The second-order valence-corrected chi connectivity index (χ2v) is 4.27. The maximum Gasteiger partial charge on any atom is 0.0806 e. The molecule has 0 aromatic heterocycles. The number of rotatable bonds is 2. The Labute approximate surface area is 94.3 Å². The molecule has 0 fully saturated rings. The van der Waals surface area contributed by atoms with Crippen molar-refractivity contribution in [1.82, 2.24) is 0 Å². The van der Waals surface area contributed by atoms with Crippen molar-refractivity contribution in [3.63, 3.8) is 0 Å². The minimum atomic E-state index is -0.526. The van der Waals surface area contributed by atoms with Crippen molar-refractivity contribution in [1.29, 1.82) is 5.26 Å². The molecule has 1 atom stereocenters. The number of halogens is 2. The third kappa shape index (κ3) is 2.03. The van der Waals surface area contributed by atoms with E-state index in [1.165, 1.54) is 0 Å². The second kappa shape index (κ2) is 4.21. The largest absolute Gasteiger partial charge is 0.197 e. The van der Waals surface area contributed by atoms with E-state index in [1.807, 2.05) is 19.9 Å². The highest BCUT2D eigenvalue weighted by atomic mass is 35.5. The van der Waals surface area contributed by atoms with Crippen LogP contribution in [0.5, 0.6) is 0 Å². The molecular weight excluding hydrogens is 217 g/mol. The van der Waals surface area contributed by atoms with Crippen molar-refractivity contribution in [2.24, 2.45) is 0 Å². The van der Waals surface area contributed by atoms with E-state index < -0.39 is 5.41 Å². The molecule has 0 spiro atoms. The fourth-order valence-corrected chi connectivity index (χ4v) is 1.88. The van der Waals surface area contributed by atoms with Gasteiger partial charge in [0.1, 0.15) is 0 Å². The van der Waals surface area contributed by atoms with Gasteiger partial charge in [-0.1, -0.05) is 36.2 Å². The Balaban J connectivity index is 3.26. The third-order valence-electron chi connectivity index (χ3n) is 2.48. The zero-order valence-electron chi connectivity index (χ0n) is 8.14. The van der Waals surface area contributed by atoms with E-state index in [1.54, 1.807) is 12.1 Å². The van der Waals surface area contributed by atoms with E-state index in [4.69, 9.17) is 28.5 Å². The molecule has 0 saturated carbocycles. The van der Waals surface area contributed by atoms with Crippen LogP contribution in [0.3, 0.4) is 0 Å². The van der Waals surface area contributed by atoms with Gasteiger partial charge in [-0.3, -0.25) is 0 Å². The summed E-state index contributed by atoms with van der Waals surface area (Å²) in [5, 5.41) is 10.2. The van der Waals surface area contributed by atoms with E-state index in [9.17, 15) is 0 Å². The first-order valence-corrected chi connectivity index (χ1v) is 5.16. The normalized spacial score (nSPS) is 14.5. The van der Waals surface area contributed by atoms with Crippen molar-refractivity contribution in [3.8, 4) is 6.07 Å². The SMILES string of the molecule is CCC(C)(C#N)c1ccc(Cl)cc1Cl. The summed E-state index contributed by atoms with van der Waals surface area (Å²) in [6.45, 7) is 3.84. The fraction of sp³-hybridized carbons (Fsp3) is 0.364. The molecule has 1 nitrogen and oxygen atoms in total. The standard InChI is InChI=1S/C11H11Cl2N/c1-3-11(2,7-14)9-5-4-8(12)6-10(9)13/h4-6H,3H2,1-2H3. The average molecular weight is 228 g/mol. The van der Waals surface area contributed by atoms with Gasteiger partial charge in [-0.15, -0.1) is 0 Å². The van der Waals surface area contributed by atoms with E-state index in [2.05, 4.69) is 6.07 Å². The van der Waals surface area contributed by atoms with Gasteiger partial charge in [-0.2, -0.15) is 5.26 Å². The van der Waals surface area contributed by atoms with Crippen LogP contribution < -0.4 is 0 Å². The summed E-state index contributed by atoms with van der Waals surface area (Å²) < 4.78 is 0. The Kier molecular flexibility index (Phi) is 3.42. The Morgan fingerprint density at radius 2 is 2.07 bits per heavy atom. The molecule has 3 heteroatoms. The number of nitrogens with zero attached hydrogens (tertiary/aromatic N) is 1. The average Bonchev–Trinajstić information content (AvgIpc) is 2.17. The number of benzene rings is 1. The molecule has 1 rings (SSSR count). The first kappa shape index (κ1) is 11.4. The van der Waals surface area contributed by atoms with Crippen LogP contribution in [0, 0.1) is 11.3 Å². The molecule has 0 aliphatic rings. The molecule has 0 bridgehead atoms. The molecule has 0 amide bonds. The smallest absolute Gasteiger partial charge is 0.0806 e. The first-order chi connectivity index (χ1) is 6.53. The summed E-state index contributed by atoms with van der Waals surface area (Å²) in [5.74, 6) is 0. The zero-order chi connectivity index (χ0) is 10.8. The summed E-state index contributed by atoms with van der Waals surface area (Å²) >= 11 is 11.8. The Bertz CT molecular complexity index is 381. The molecule has 0 radical (unpaired) electrons. The van der Waals surface area contributed by atoms with Crippen LogP contribution in [-0.2, 0) is 5.41 Å². The summed E-state index contributed by atoms with van der Waals surface area (Å²) in [7, 11) is 0. The van der Waals surface area contributed by atoms with Crippen LogP contribution in [-0.4, -0.2) is 0 Å². The lowest BCUT2D eigenvalue weighted by Gasteiger charge is -2.21. The van der Waals surface area contributed by atoms with Crippen LogP contribution in [0.4, 0.5) is 0 Å². The second-order valence-electron chi connectivity index (χ2n) is 3.42. The highest BCUT2D eigenvalue weighted by Crippen LogP contribution is 2.33. The molecule has 0 aliphatic heterocycles. The van der Waals surface area contributed by atoms with Gasteiger partial charge < -0.3 is 0 Å². The summed E-state index contributed by atoms with van der Waals surface area (Å²) in [6.07, 6.45) is 0.727. The number of hydrogen-bond donors (Lipinski definition) is 0. The van der Waals surface area contributed by atoms with Gasteiger partial charge >= 0.3 is 0 Å². The molecule has 0 heterocycles. The van der Waals surface area contributed by atoms with Crippen molar-refractivity contribution in [2.45, 2.75) is 25.7 Å². The summed E-state index contributed by atoms with van der Waals surface area (Å²) in [4.78, 5) is 0. The predicted octanol–water partition coefficient (Wildman–Crippen LogP) is 4.18. The number of hydrogen-bond acceptors (Lipinski definition) is 1.